The minimum absolute atomic E-state index is 0.137. The minimum Gasteiger partial charge on any atom is -0.394 e. The van der Waals surface area contributed by atoms with Gasteiger partial charge in [0.1, 0.15) is 0 Å². The zero-order chi connectivity index (χ0) is 15.3. The van der Waals surface area contributed by atoms with Crippen molar-refractivity contribution in [3.8, 4) is 0 Å². The van der Waals surface area contributed by atoms with E-state index in [0.717, 1.165) is 23.5 Å². The van der Waals surface area contributed by atoms with Gasteiger partial charge in [0.2, 0.25) is 0 Å². The van der Waals surface area contributed by atoms with Crippen LogP contribution in [0.2, 0.25) is 6.04 Å². The molecule has 0 bridgehead atoms. The minimum atomic E-state index is -2.59. The highest BCUT2D eigenvalue weighted by Gasteiger charge is 2.48. The van der Waals surface area contributed by atoms with Gasteiger partial charge in [-0.25, -0.2) is 0 Å². The van der Waals surface area contributed by atoms with Gasteiger partial charge in [-0.05, 0) is 6.42 Å². The maximum Gasteiger partial charge on any atom is 0.501 e. The first kappa shape index (κ1) is 18.0. The van der Waals surface area contributed by atoms with Gasteiger partial charge in [0.15, 0.2) is 0 Å². The molecule has 0 saturated carbocycles. The van der Waals surface area contributed by atoms with Gasteiger partial charge in [-0.3, -0.25) is 0 Å². The number of nitrogens with zero attached hydrogens (tertiary/aromatic N) is 1. The lowest BCUT2D eigenvalue weighted by Crippen LogP contribution is -2.63. The molecule has 0 atom stereocenters. The van der Waals surface area contributed by atoms with Crippen molar-refractivity contribution >= 4 is 8.80 Å². The Morgan fingerprint density at radius 3 is 2.35 bits per heavy atom. The second kappa shape index (κ2) is 7.30. The van der Waals surface area contributed by atoms with Crippen LogP contribution in [-0.2, 0) is 13.3 Å². The SMILES string of the molecule is CCC[N+](C)(C)CCC[Si]1(OC)OCC(N)(CO)CO1. The molecular formula is C13H31N2O4Si+. The molecule has 1 heterocycles. The molecule has 0 amide bonds. The van der Waals surface area contributed by atoms with Crippen LogP contribution in [0.25, 0.3) is 0 Å². The van der Waals surface area contributed by atoms with Gasteiger partial charge in [-0.15, -0.1) is 0 Å². The van der Waals surface area contributed by atoms with Crippen molar-refractivity contribution in [2.75, 3.05) is 54.1 Å². The number of aliphatic hydroxyl groups is 1. The molecule has 7 heteroatoms. The number of quaternary nitrogens is 1. The van der Waals surface area contributed by atoms with E-state index < -0.39 is 14.3 Å². The third-order valence-electron chi connectivity index (χ3n) is 3.86. The molecule has 3 N–H and O–H groups in total. The fourth-order valence-electron chi connectivity index (χ4n) is 2.49. The van der Waals surface area contributed by atoms with Crippen molar-refractivity contribution in [2.24, 2.45) is 5.73 Å². The van der Waals surface area contributed by atoms with Crippen molar-refractivity contribution in [1.82, 2.24) is 0 Å². The van der Waals surface area contributed by atoms with E-state index in [9.17, 15) is 5.11 Å². The molecule has 0 aromatic heterocycles. The summed E-state index contributed by atoms with van der Waals surface area (Å²) in [7, 11) is 3.53. The molecule has 120 valence electrons. The summed E-state index contributed by atoms with van der Waals surface area (Å²) in [5.41, 5.74) is 5.15. The standard InChI is InChI=1S/C13H31N2O4Si/c1-5-7-15(2,3)8-6-9-20(17-4)18-11-13(14,10-16)12-19-20/h16H,5-12,14H2,1-4H3/q+1. The Labute approximate surface area is 123 Å². The van der Waals surface area contributed by atoms with E-state index >= 15 is 0 Å². The summed E-state index contributed by atoms with van der Waals surface area (Å²) in [6.45, 7) is 4.91. The molecular weight excluding hydrogens is 276 g/mol. The Bertz CT molecular complexity index is 294. The zero-order valence-corrected chi connectivity index (χ0v) is 14.4. The number of rotatable bonds is 8. The van der Waals surface area contributed by atoms with Crippen LogP contribution in [0.1, 0.15) is 19.8 Å². The highest BCUT2D eigenvalue weighted by Crippen LogP contribution is 2.25. The molecule has 1 saturated heterocycles. The largest absolute Gasteiger partial charge is 0.501 e. The van der Waals surface area contributed by atoms with Crippen LogP contribution in [0.4, 0.5) is 0 Å². The maximum absolute atomic E-state index is 9.22. The van der Waals surface area contributed by atoms with Crippen molar-refractivity contribution in [2.45, 2.75) is 31.3 Å². The smallest absolute Gasteiger partial charge is 0.394 e. The van der Waals surface area contributed by atoms with E-state index in [0.29, 0.717) is 13.2 Å². The van der Waals surface area contributed by atoms with E-state index in [-0.39, 0.29) is 6.61 Å². The lowest BCUT2D eigenvalue weighted by molar-refractivity contribution is -0.890. The van der Waals surface area contributed by atoms with Crippen LogP contribution in [0, 0.1) is 0 Å². The average molecular weight is 307 g/mol. The van der Waals surface area contributed by atoms with E-state index in [2.05, 4.69) is 21.0 Å². The van der Waals surface area contributed by atoms with Crippen molar-refractivity contribution in [1.29, 1.82) is 0 Å². The summed E-state index contributed by atoms with van der Waals surface area (Å²) in [5, 5.41) is 9.22. The van der Waals surface area contributed by atoms with Crippen molar-refractivity contribution in [3.05, 3.63) is 0 Å². The van der Waals surface area contributed by atoms with Gasteiger partial charge in [-0.2, -0.15) is 0 Å². The van der Waals surface area contributed by atoms with Crippen molar-refractivity contribution in [3.63, 3.8) is 0 Å². The van der Waals surface area contributed by atoms with Crippen LogP contribution in [0.15, 0.2) is 0 Å². The first-order chi connectivity index (χ1) is 9.30. The van der Waals surface area contributed by atoms with Crippen molar-refractivity contribution < 1.29 is 22.9 Å². The van der Waals surface area contributed by atoms with Crippen LogP contribution in [-0.4, -0.2) is 78.0 Å². The fourth-order valence-corrected chi connectivity index (χ4v) is 4.90. The molecule has 6 nitrogen and oxygen atoms in total. The van der Waals surface area contributed by atoms with E-state index in [1.165, 1.54) is 13.0 Å². The number of hydrogen-bond acceptors (Lipinski definition) is 5. The summed E-state index contributed by atoms with van der Waals surface area (Å²) < 4.78 is 18.1. The van der Waals surface area contributed by atoms with Gasteiger partial charge in [-0.1, -0.05) is 6.92 Å². The average Bonchev–Trinajstić information content (AvgIpc) is 2.41. The molecule has 1 fully saturated rings. The lowest BCUT2D eigenvalue weighted by atomic mass is 10.1. The van der Waals surface area contributed by atoms with E-state index in [1.807, 2.05) is 0 Å². The van der Waals surface area contributed by atoms with E-state index in [4.69, 9.17) is 19.0 Å². The molecule has 0 unspecified atom stereocenters. The van der Waals surface area contributed by atoms with Crippen LogP contribution < -0.4 is 5.73 Å². The van der Waals surface area contributed by atoms with Crippen LogP contribution in [0.5, 0.6) is 0 Å². The molecule has 1 rings (SSSR count). The summed E-state index contributed by atoms with van der Waals surface area (Å²) in [5.74, 6) is 0. The first-order valence-corrected chi connectivity index (χ1v) is 9.28. The molecule has 0 aliphatic carbocycles. The second-order valence-electron chi connectivity index (χ2n) is 6.47. The Hall–Kier alpha value is -0.0231. The molecule has 1 aliphatic rings. The Morgan fingerprint density at radius 2 is 1.90 bits per heavy atom. The summed E-state index contributed by atoms with van der Waals surface area (Å²) in [6, 6.07) is 0.802. The highest BCUT2D eigenvalue weighted by molar-refractivity contribution is 6.60. The Kier molecular flexibility index (Phi) is 6.58. The second-order valence-corrected chi connectivity index (χ2v) is 9.32. The van der Waals surface area contributed by atoms with Gasteiger partial charge in [0.05, 0.1) is 52.5 Å². The summed E-state index contributed by atoms with van der Waals surface area (Å²) >= 11 is 0. The third-order valence-corrected chi connectivity index (χ3v) is 6.62. The molecule has 0 spiro atoms. The maximum atomic E-state index is 9.22. The quantitative estimate of drug-likeness (QED) is 0.494. The molecule has 0 radical (unpaired) electrons. The Morgan fingerprint density at radius 1 is 1.30 bits per heavy atom. The highest BCUT2D eigenvalue weighted by atomic mass is 28.4. The van der Waals surface area contributed by atoms with E-state index in [1.54, 1.807) is 7.11 Å². The summed E-state index contributed by atoms with van der Waals surface area (Å²) in [4.78, 5) is 0. The third kappa shape index (κ3) is 5.07. The monoisotopic (exact) mass is 307 g/mol. The normalized spacial score (nSPS) is 31.5. The number of nitrogens with two attached hydrogens (primary N) is 1. The zero-order valence-electron chi connectivity index (χ0n) is 13.4. The van der Waals surface area contributed by atoms with Gasteiger partial charge >= 0.3 is 8.80 Å². The number of aliphatic hydroxyl groups excluding tert-OH is 1. The predicted molar refractivity (Wildman–Crippen MR) is 80.2 cm³/mol. The Balaban J connectivity index is 2.44. The van der Waals surface area contributed by atoms with Gasteiger partial charge < -0.3 is 28.6 Å². The van der Waals surface area contributed by atoms with Crippen LogP contribution in [0.3, 0.4) is 0 Å². The summed E-state index contributed by atoms with van der Waals surface area (Å²) in [6.07, 6.45) is 2.18. The molecule has 0 aromatic rings. The lowest BCUT2D eigenvalue weighted by Gasteiger charge is -2.40. The van der Waals surface area contributed by atoms with Gasteiger partial charge in [0.25, 0.3) is 0 Å². The fraction of sp³-hybridized carbons (Fsp3) is 1.00. The van der Waals surface area contributed by atoms with Gasteiger partial charge in [0, 0.05) is 19.6 Å². The first-order valence-electron chi connectivity index (χ1n) is 7.35. The molecule has 0 aromatic carbocycles. The topological polar surface area (TPSA) is 73.9 Å². The number of hydrogen-bond donors (Lipinski definition) is 2. The molecule has 20 heavy (non-hydrogen) atoms. The predicted octanol–water partition coefficient (Wildman–Crippen LogP) is 0.185. The molecule has 1 aliphatic heterocycles. The van der Waals surface area contributed by atoms with Crippen LogP contribution >= 0.6 is 0 Å².